The van der Waals surface area contributed by atoms with Gasteiger partial charge in [-0.05, 0) is 36.2 Å². The van der Waals surface area contributed by atoms with Gasteiger partial charge in [-0.1, -0.05) is 37.3 Å². The van der Waals surface area contributed by atoms with E-state index in [-0.39, 0.29) is 11.8 Å². The van der Waals surface area contributed by atoms with Crippen LogP contribution in [0.2, 0.25) is 0 Å². The SMILES string of the molecule is C=CCn1c([C@@H]2CC(=O)N(c3ccc(CC)cc3)C2)nc2ccccc21. The number of imidazole rings is 1. The fourth-order valence-electron chi connectivity index (χ4n) is 3.77. The van der Waals surface area contributed by atoms with Gasteiger partial charge in [0.15, 0.2) is 0 Å². The lowest BCUT2D eigenvalue weighted by Gasteiger charge is -2.17. The van der Waals surface area contributed by atoms with Gasteiger partial charge < -0.3 is 9.47 Å². The summed E-state index contributed by atoms with van der Waals surface area (Å²) in [6.45, 7) is 7.38. The highest BCUT2D eigenvalue weighted by Gasteiger charge is 2.34. The third-order valence-electron chi connectivity index (χ3n) is 5.14. The van der Waals surface area contributed by atoms with Crippen LogP contribution in [0, 0.1) is 0 Å². The lowest BCUT2D eigenvalue weighted by molar-refractivity contribution is -0.117. The molecule has 2 heterocycles. The molecular weight excluding hydrogens is 322 g/mol. The lowest BCUT2D eigenvalue weighted by Crippen LogP contribution is -2.24. The van der Waals surface area contributed by atoms with Crippen LogP contribution >= 0.6 is 0 Å². The van der Waals surface area contributed by atoms with Crippen LogP contribution < -0.4 is 4.90 Å². The Morgan fingerprint density at radius 1 is 1.19 bits per heavy atom. The summed E-state index contributed by atoms with van der Waals surface area (Å²) >= 11 is 0. The van der Waals surface area contributed by atoms with Gasteiger partial charge in [0, 0.05) is 31.1 Å². The minimum Gasteiger partial charge on any atom is -0.324 e. The van der Waals surface area contributed by atoms with Crippen molar-refractivity contribution < 1.29 is 4.79 Å². The fraction of sp³-hybridized carbons (Fsp3) is 0.273. The number of rotatable bonds is 5. The number of benzene rings is 2. The van der Waals surface area contributed by atoms with E-state index in [2.05, 4.69) is 36.3 Å². The summed E-state index contributed by atoms with van der Waals surface area (Å²) < 4.78 is 2.18. The summed E-state index contributed by atoms with van der Waals surface area (Å²) in [5, 5.41) is 0. The number of nitrogens with zero attached hydrogens (tertiary/aromatic N) is 3. The Balaban J connectivity index is 1.67. The standard InChI is InChI=1S/C22H23N3O/c1-3-13-24-20-8-6-5-7-19(20)23-22(24)17-14-21(26)25(15-17)18-11-9-16(4-2)10-12-18/h3,5-12,17H,1,4,13-15H2,2H3/t17-/m1/s1. The summed E-state index contributed by atoms with van der Waals surface area (Å²) in [5.74, 6) is 1.24. The third kappa shape index (κ3) is 2.81. The van der Waals surface area contributed by atoms with E-state index in [0.717, 1.165) is 29.0 Å². The molecule has 0 radical (unpaired) electrons. The van der Waals surface area contributed by atoms with Crippen molar-refractivity contribution in [3.63, 3.8) is 0 Å². The van der Waals surface area contributed by atoms with Crippen LogP contribution in [-0.4, -0.2) is 22.0 Å². The Bertz CT molecular complexity index is 955. The number of carbonyl (C=O) groups is 1. The molecule has 0 bridgehead atoms. The second-order valence-corrected chi connectivity index (χ2v) is 6.78. The van der Waals surface area contributed by atoms with Crippen LogP contribution in [0.25, 0.3) is 11.0 Å². The smallest absolute Gasteiger partial charge is 0.227 e. The maximum Gasteiger partial charge on any atom is 0.227 e. The summed E-state index contributed by atoms with van der Waals surface area (Å²) in [6.07, 6.45) is 3.38. The molecular formula is C22H23N3O. The van der Waals surface area contributed by atoms with Crippen molar-refractivity contribution in [2.75, 3.05) is 11.4 Å². The van der Waals surface area contributed by atoms with E-state index < -0.39 is 0 Å². The molecule has 4 nitrogen and oxygen atoms in total. The fourth-order valence-corrected chi connectivity index (χ4v) is 3.77. The maximum atomic E-state index is 12.7. The molecule has 1 fully saturated rings. The summed E-state index contributed by atoms with van der Waals surface area (Å²) in [6, 6.07) is 16.4. The molecule has 0 spiro atoms. The molecule has 4 rings (SSSR count). The van der Waals surface area contributed by atoms with Crippen LogP contribution in [0.5, 0.6) is 0 Å². The van der Waals surface area contributed by atoms with E-state index in [4.69, 9.17) is 4.98 Å². The van der Waals surface area contributed by atoms with Crippen molar-refractivity contribution in [2.24, 2.45) is 0 Å². The monoisotopic (exact) mass is 345 g/mol. The Kier molecular flexibility index (Phi) is 4.33. The molecule has 1 atom stereocenters. The Hall–Kier alpha value is -2.88. The van der Waals surface area contributed by atoms with Crippen LogP contribution in [0.3, 0.4) is 0 Å². The van der Waals surface area contributed by atoms with E-state index in [1.165, 1.54) is 5.56 Å². The second-order valence-electron chi connectivity index (χ2n) is 6.78. The quantitative estimate of drug-likeness (QED) is 0.647. The molecule has 0 aliphatic carbocycles. The van der Waals surface area contributed by atoms with Gasteiger partial charge in [0.1, 0.15) is 5.82 Å². The lowest BCUT2D eigenvalue weighted by atomic mass is 10.1. The molecule has 0 N–H and O–H groups in total. The van der Waals surface area contributed by atoms with E-state index in [0.29, 0.717) is 19.5 Å². The minimum absolute atomic E-state index is 0.0979. The first-order valence-corrected chi connectivity index (χ1v) is 9.16. The summed E-state index contributed by atoms with van der Waals surface area (Å²) in [4.78, 5) is 19.4. The number of hydrogen-bond acceptors (Lipinski definition) is 2. The Labute approximate surface area is 153 Å². The first-order valence-electron chi connectivity index (χ1n) is 9.16. The topological polar surface area (TPSA) is 38.1 Å². The summed E-state index contributed by atoms with van der Waals surface area (Å²) in [5.41, 5.74) is 4.33. The van der Waals surface area contributed by atoms with E-state index in [1.54, 1.807) is 0 Å². The number of anilines is 1. The molecule has 1 amide bonds. The van der Waals surface area contributed by atoms with Gasteiger partial charge in [-0.3, -0.25) is 4.79 Å². The number of carbonyl (C=O) groups excluding carboxylic acids is 1. The number of amides is 1. The third-order valence-corrected chi connectivity index (χ3v) is 5.14. The van der Waals surface area contributed by atoms with E-state index >= 15 is 0 Å². The zero-order valence-electron chi connectivity index (χ0n) is 15.1. The van der Waals surface area contributed by atoms with Gasteiger partial charge >= 0.3 is 0 Å². The van der Waals surface area contributed by atoms with Crippen LogP contribution in [0.1, 0.15) is 30.7 Å². The highest BCUT2D eigenvalue weighted by Crippen LogP contribution is 2.33. The van der Waals surface area contributed by atoms with E-state index in [9.17, 15) is 4.79 Å². The highest BCUT2D eigenvalue weighted by molar-refractivity contribution is 5.96. The van der Waals surface area contributed by atoms with Crippen LogP contribution in [0.15, 0.2) is 61.2 Å². The van der Waals surface area contributed by atoms with Crippen LogP contribution in [-0.2, 0) is 17.8 Å². The van der Waals surface area contributed by atoms with Crippen molar-refractivity contribution in [2.45, 2.75) is 32.2 Å². The van der Waals surface area contributed by atoms with E-state index in [1.807, 2.05) is 41.3 Å². The summed E-state index contributed by atoms with van der Waals surface area (Å²) in [7, 11) is 0. The Morgan fingerprint density at radius 3 is 2.69 bits per heavy atom. The minimum atomic E-state index is 0.0979. The Morgan fingerprint density at radius 2 is 1.96 bits per heavy atom. The van der Waals surface area contributed by atoms with Crippen LogP contribution in [0.4, 0.5) is 5.69 Å². The number of aryl methyl sites for hydroxylation is 1. The molecule has 4 heteroatoms. The second kappa shape index (κ2) is 6.79. The van der Waals surface area contributed by atoms with Gasteiger partial charge in [0.25, 0.3) is 0 Å². The van der Waals surface area contributed by atoms with Gasteiger partial charge in [0.05, 0.1) is 11.0 Å². The van der Waals surface area contributed by atoms with Crippen molar-refractivity contribution in [1.29, 1.82) is 0 Å². The van der Waals surface area contributed by atoms with Crippen molar-refractivity contribution >= 4 is 22.6 Å². The number of fused-ring (bicyclic) bond motifs is 1. The molecule has 2 aromatic carbocycles. The first kappa shape index (κ1) is 16.6. The number of allylic oxidation sites excluding steroid dienone is 1. The molecule has 1 aliphatic rings. The molecule has 26 heavy (non-hydrogen) atoms. The maximum absolute atomic E-state index is 12.7. The van der Waals surface area contributed by atoms with Gasteiger partial charge in [0.2, 0.25) is 5.91 Å². The average molecular weight is 345 g/mol. The molecule has 132 valence electrons. The zero-order valence-corrected chi connectivity index (χ0v) is 15.1. The zero-order chi connectivity index (χ0) is 18.1. The molecule has 1 aromatic heterocycles. The van der Waals surface area contributed by atoms with Crippen molar-refractivity contribution in [3.05, 3.63) is 72.6 Å². The molecule has 3 aromatic rings. The molecule has 1 saturated heterocycles. The normalized spacial score (nSPS) is 17.2. The molecule has 1 aliphatic heterocycles. The predicted molar refractivity (Wildman–Crippen MR) is 105 cm³/mol. The van der Waals surface area contributed by atoms with Gasteiger partial charge in [-0.25, -0.2) is 4.98 Å². The first-order chi connectivity index (χ1) is 12.7. The van der Waals surface area contributed by atoms with Gasteiger partial charge in [-0.2, -0.15) is 0 Å². The largest absolute Gasteiger partial charge is 0.324 e. The van der Waals surface area contributed by atoms with Crippen molar-refractivity contribution in [1.82, 2.24) is 9.55 Å². The molecule has 0 unspecified atom stereocenters. The number of aromatic nitrogens is 2. The highest BCUT2D eigenvalue weighted by atomic mass is 16.2. The number of hydrogen-bond donors (Lipinski definition) is 0. The molecule has 0 saturated carbocycles. The average Bonchev–Trinajstić information content (AvgIpc) is 3.23. The number of para-hydroxylation sites is 2. The van der Waals surface area contributed by atoms with Gasteiger partial charge in [-0.15, -0.1) is 6.58 Å². The van der Waals surface area contributed by atoms with Crippen molar-refractivity contribution in [3.8, 4) is 0 Å². The predicted octanol–water partition coefficient (Wildman–Crippen LogP) is 4.31.